The topological polar surface area (TPSA) is 87.2 Å². The van der Waals surface area contributed by atoms with Gasteiger partial charge in [0.05, 0.1) is 10.6 Å². The maximum absolute atomic E-state index is 13.1. The lowest BCUT2D eigenvalue weighted by atomic mass is 10.0. The molecule has 1 saturated heterocycles. The fourth-order valence-corrected chi connectivity index (χ4v) is 5.27. The summed E-state index contributed by atoms with van der Waals surface area (Å²) in [6, 6.07) is 16.6. The third-order valence-corrected chi connectivity index (χ3v) is 7.72. The van der Waals surface area contributed by atoms with Gasteiger partial charge in [0.15, 0.2) is 5.78 Å². The number of rotatable bonds is 11. The van der Waals surface area contributed by atoms with E-state index >= 15 is 0 Å². The van der Waals surface area contributed by atoms with E-state index in [-0.39, 0.29) is 34.0 Å². The van der Waals surface area contributed by atoms with Crippen LogP contribution in [-0.4, -0.2) is 46.2 Å². The van der Waals surface area contributed by atoms with Gasteiger partial charge in [-0.1, -0.05) is 29.8 Å². The number of carbonyl (C=O) groups is 2. The number of nitrogens with one attached hydrogen (secondary N) is 2. The van der Waals surface area contributed by atoms with E-state index in [2.05, 4.69) is 37.6 Å². The third kappa shape index (κ3) is 8.42. The van der Waals surface area contributed by atoms with Gasteiger partial charge in [0.1, 0.15) is 0 Å². The largest absolute Gasteiger partial charge is 0.416 e. The number of likely N-dealkylation sites (tertiary alicyclic amines) is 1. The van der Waals surface area contributed by atoms with Gasteiger partial charge in [0.2, 0.25) is 5.95 Å². The van der Waals surface area contributed by atoms with Gasteiger partial charge in [0, 0.05) is 41.3 Å². The molecule has 2 N–H and O–H groups in total. The molecule has 3 aromatic carbocycles. The van der Waals surface area contributed by atoms with Crippen LogP contribution in [0, 0.1) is 0 Å². The van der Waals surface area contributed by atoms with Gasteiger partial charge in [0.25, 0.3) is 5.91 Å². The Bertz CT molecular complexity index is 1610. The summed E-state index contributed by atoms with van der Waals surface area (Å²) in [4.78, 5) is 36.8. The molecule has 0 atom stereocenters. The van der Waals surface area contributed by atoms with Crippen LogP contribution in [0.4, 0.5) is 30.5 Å². The first-order chi connectivity index (χ1) is 21.1. The van der Waals surface area contributed by atoms with Crippen molar-refractivity contribution in [3.8, 4) is 0 Å². The second kappa shape index (κ2) is 14.0. The maximum atomic E-state index is 13.1. The Morgan fingerprint density at radius 3 is 2.30 bits per heavy atom. The summed E-state index contributed by atoms with van der Waals surface area (Å²) in [5, 5.41) is 5.86. The molecule has 0 unspecified atom stereocenters. The van der Waals surface area contributed by atoms with Gasteiger partial charge in [-0.15, -0.1) is 0 Å². The number of benzene rings is 3. The molecule has 1 fully saturated rings. The number of halogens is 4. The summed E-state index contributed by atoms with van der Waals surface area (Å²) in [6.45, 7) is 3.57. The first-order valence-corrected chi connectivity index (χ1v) is 14.7. The van der Waals surface area contributed by atoms with Gasteiger partial charge >= 0.3 is 6.18 Å². The molecular formula is C33H31ClF3N5O2. The Hall–Kier alpha value is -4.28. The van der Waals surface area contributed by atoms with Crippen LogP contribution >= 0.6 is 11.6 Å². The highest BCUT2D eigenvalue weighted by Gasteiger charge is 2.31. The summed E-state index contributed by atoms with van der Waals surface area (Å²) in [5.41, 5.74) is 1.96. The number of ketones is 1. The van der Waals surface area contributed by atoms with Crippen LogP contribution < -0.4 is 10.6 Å². The van der Waals surface area contributed by atoms with Gasteiger partial charge in [-0.05, 0) is 105 Å². The number of Topliss-reactive ketones (excluding diaryl/α,β-unsaturated/α-hetero) is 1. The Kier molecular flexibility index (Phi) is 9.92. The van der Waals surface area contributed by atoms with E-state index in [4.69, 9.17) is 11.6 Å². The molecule has 4 aromatic rings. The minimum atomic E-state index is -4.58. The normalized spacial score (nSPS) is 13.5. The van der Waals surface area contributed by atoms with Crippen LogP contribution in [0.15, 0.2) is 79.1 Å². The summed E-state index contributed by atoms with van der Waals surface area (Å²) >= 11 is 6.26. The fourth-order valence-electron chi connectivity index (χ4n) is 5.04. The van der Waals surface area contributed by atoms with Crippen LogP contribution in [0.3, 0.4) is 0 Å². The highest BCUT2D eigenvalue weighted by Crippen LogP contribution is 2.30. The Morgan fingerprint density at radius 1 is 0.886 bits per heavy atom. The van der Waals surface area contributed by atoms with Gasteiger partial charge < -0.3 is 15.5 Å². The second-order valence-corrected chi connectivity index (χ2v) is 11.1. The minimum Gasteiger partial charge on any atom is -0.324 e. The molecule has 1 amide bonds. The summed E-state index contributed by atoms with van der Waals surface area (Å²) in [5.74, 6) is -0.699. The van der Waals surface area contributed by atoms with E-state index in [1.165, 1.54) is 55.8 Å². The number of nitrogens with zero attached hydrogens (tertiary/aromatic N) is 3. The third-order valence-electron chi connectivity index (χ3n) is 7.40. The minimum absolute atomic E-state index is 0.0445. The molecule has 0 aliphatic carbocycles. The summed E-state index contributed by atoms with van der Waals surface area (Å²) < 4.78 is 39.1. The van der Waals surface area contributed by atoms with Crippen molar-refractivity contribution < 1.29 is 22.8 Å². The molecule has 1 aliphatic heterocycles. The van der Waals surface area contributed by atoms with Crippen molar-refractivity contribution >= 4 is 40.6 Å². The van der Waals surface area contributed by atoms with Crippen molar-refractivity contribution in [2.24, 2.45) is 0 Å². The molecule has 0 radical (unpaired) electrons. The molecule has 44 heavy (non-hydrogen) atoms. The molecule has 5 rings (SSSR count). The van der Waals surface area contributed by atoms with Crippen LogP contribution in [0.1, 0.15) is 56.7 Å². The Labute approximate surface area is 258 Å². The molecular weight excluding hydrogens is 591 g/mol. The first kappa shape index (κ1) is 31.2. The average molecular weight is 622 g/mol. The zero-order valence-electron chi connectivity index (χ0n) is 23.8. The van der Waals surface area contributed by atoms with E-state index in [0.29, 0.717) is 11.5 Å². The second-order valence-electron chi connectivity index (χ2n) is 10.7. The molecule has 0 bridgehead atoms. The number of alkyl halides is 3. The zero-order valence-corrected chi connectivity index (χ0v) is 24.6. The van der Waals surface area contributed by atoms with Crippen LogP contribution in [0.5, 0.6) is 0 Å². The van der Waals surface area contributed by atoms with Crippen molar-refractivity contribution in [2.45, 2.75) is 38.3 Å². The SMILES string of the molecule is O=C(Nc1ccc(Cl)c(C(=O)Cc2cnc(Nc3ccc(CCCN4CCCC4)cc3)nc2)c1)c1cccc(C(F)(F)F)c1. The number of amides is 1. The summed E-state index contributed by atoms with van der Waals surface area (Å²) in [7, 11) is 0. The van der Waals surface area contributed by atoms with Crippen molar-refractivity contribution in [1.82, 2.24) is 14.9 Å². The van der Waals surface area contributed by atoms with Gasteiger partial charge in [-0.3, -0.25) is 9.59 Å². The highest BCUT2D eigenvalue weighted by molar-refractivity contribution is 6.34. The van der Waals surface area contributed by atoms with Crippen LogP contribution in [0.25, 0.3) is 0 Å². The van der Waals surface area contributed by atoms with Crippen LogP contribution in [0.2, 0.25) is 5.02 Å². The number of anilines is 3. The van der Waals surface area contributed by atoms with Crippen molar-refractivity contribution in [2.75, 3.05) is 30.3 Å². The lowest BCUT2D eigenvalue weighted by Gasteiger charge is -2.14. The number of aromatic nitrogens is 2. The highest BCUT2D eigenvalue weighted by atomic mass is 35.5. The quantitative estimate of drug-likeness (QED) is 0.168. The Morgan fingerprint density at radius 2 is 1.59 bits per heavy atom. The lowest BCUT2D eigenvalue weighted by molar-refractivity contribution is -0.137. The molecule has 0 saturated carbocycles. The van der Waals surface area contributed by atoms with Crippen molar-refractivity contribution in [1.29, 1.82) is 0 Å². The maximum Gasteiger partial charge on any atom is 0.416 e. The van der Waals surface area contributed by atoms with Gasteiger partial charge in [-0.2, -0.15) is 13.2 Å². The molecule has 7 nitrogen and oxygen atoms in total. The van der Waals surface area contributed by atoms with E-state index in [9.17, 15) is 22.8 Å². The number of hydrogen-bond acceptors (Lipinski definition) is 6. The van der Waals surface area contributed by atoms with Crippen molar-refractivity contribution in [3.05, 3.63) is 112 Å². The van der Waals surface area contributed by atoms with E-state index in [0.717, 1.165) is 43.3 Å². The molecule has 1 aliphatic rings. The number of aryl methyl sites for hydroxylation is 1. The first-order valence-electron chi connectivity index (χ1n) is 14.3. The molecule has 0 spiro atoms. The van der Waals surface area contributed by atoms with E-state index in [1.807, 2.05) is 12.1 Å². The fraction of sp³-hybridized carbons (Fsp3) is 0.273. The molecule has 228 valence electrons. The van der Waals surface area contributed by atoms with Crippen molar-refractivity contribution in [3.63, 3.8) is 0 Å². The monoisotopic (exact) mass is 621 g/mol. The zero-order chi connectivity index (χ0) is 31.1. The molecule has 1 aromatic heterocycles. The summed E-state index contributed by atoms with van der Waals surface area (Å²) in [6.07, 6.45) is 3.26. The van der Waals surface area contributed by atoms with Crippen LogP contribution in [-0.2, 0) is 19.0 Å². The smallest absolute Gasteiger partial charge is 0.324 e. The van der Waals surface area contributed by atoms with E-state index in [1.54, 1.807) is 12.4 Å². The standard InChI is InChI=1S/C33H31ClF3N5O2/c34-29-13-12-27(40-31(44)24-6-3-7-25(18-24)33(35,36)37)19-28(29)30(43)17-23-20-38-32(39-21-23)41-26-10-8-22(9-11-26)5-4-16-42-14-1-2-15-42/h3,6-13,18-21H,1-2,4-5,14-17H2,(H,40,44)(H,38,39,41). The molecule has 2 heterocycles. The lowest BCUT2D eigenvalue weighted by Crippen LogP contribution is -2.20. The van der Waals surface area contributed by atoms with Gasteiger partial charge in [-0.25, -0.2) is 9.97 Å². The number of hydrogen-bond donors (Lipinski definition) is 2. The molecule has 11 heteroatoms. The predicted octanol–water partition coefficient (Wildman–Crippen LogP) is 7.60. The Balaban J connectivity index is 1.15. The predicted molar refractivity (Wildman–Crippen MR) is 165 cm³/mol. The average Bonchev–Trinajstić information content (AvgIpc) is 3.53. The number of carbonyl (C=O) groups excluding carboxylic acids is 2. The van der Waals surface area contributed by atoms with E-state index < -0.39 is 17.6 Å².